The van der Waals surface area contributed by atoms with E-state index in [1.165, 1.54) is 5.69 Å². The highest BCUT2D eigenvalue weighted by atomic mass is 16.2. The van der Waals surface area contributed by atoms with Crippen molar-refractivity contribution in [1.82, 2.24) is 20.2 Å². The summed E-state index contributed by atoms with van der Waals surface area (Å²) < 4.78 is 0. The number of aryl methyl sites for hydroxylation is 1. The zero-order valence-corrected chi connectivity index (χ0v) is 14.4. The normalized spacial score (nSPS) is 17.2. The first kappa shape index (κ1) is 16.2. The van der Waals surface area contributed by atoms with E-state index in [-0.39, 0.29) is 12.1 Å². The van der Waals surface area contributed by atoms with Gasteiger partial charge >= 0.3 is 6.03 Å². The SMILES string of the molecule is Cc1nccc(CNC(=O)N2Cc3ccccc3N(C)C[C@@H]2C)n1. The van der Waals surface area contributed by atoms with Crippen LogP contribution in [-0.4, -0.2) is 40.5 Å². The Kier molecular flexibility index (Phi) is 4.64. The molecule has 1 aliphatic heterocycles. The number of carbonyl (C=O) groups excluding carboxylic acids is 1. The molecule has 126 valence electrons. The van der Waals surface area contributed by atoms with Crippen LogP contribution in [0.15, 0.2) is 36.5 Å². The molecule has 2 amide bonds. The fourth-order valence-electron chi connectivity index (χ4n) is 3.09. The molecule has 1 N–H and O–H groups in total. The van der Waals surface area contributed by atoms with Crippen molar-refractivity contribution in [2.24, 2.45) is 0 Å². The van der Waals surface area contributed by atoms with Crippen molar-refractivity contribution in [3.05, 3.63) is 53.6 Å². The molecule has 24 heavy (non-hydrogen) atoms. The molecule has 6 nitrogen and oxygen atoms in total. The van der Waals surface area contributed by atoms with Gasteiger partial charge in [0.25, 0.3) is 0 Å². The van der Waals surface area contributed by atoms with E-state index in [4.69, 9.17) is 0 Å². The van der Waals surface area contributed by atoms with E-state index in [1.807, 2.05) is 30.0 Å². The Morgan fingerprint density at radius 2 is 2.12 bits per heavy atom. The van der Waals surface area contributed by atoms with Gasteiger partial charge in [-0.05, 0) is 31.5 Å². The number of amides is 2. The summed E-state index contributed by atoms with van der Waals surface area (Å²) in [7, 11) is 2.07. The van der Waals surface area contributed by atoms with E-state index in [2.05, 4.69) is 46.3 Å². The van der Waals surface area contributed by atoms with Gasteiger partial charge in [0.05, 0.1) is 12.2 Å². The van der Waals surface area contributed by atoms with Crippen LogP contribution in [0.25, 0.3) is 0 Å². The first-order valence-corrected chi connectivity index (χ1v) is 8.16. The minimum Gasteiger partial charge on any atom is -0.372 e. The molecule has 0 fully saturated rings. The molecule has 0 bridgehead atoms. The molecule has 0 aliphatic carbocycles. The lowest BCUT2D eigenvalue weighted by Crippen LogP contribution is -2.46. The molecule has 0 radical (unpaired) electrons. The van der Waals surface area contributed by atoms with E-state index >= 15 is 0 Å². The smallest absolute Gasteiger partial charge is 0.318 e. The minimum atomic E-state index is -0.0659. The van der Waals surface area contributed by atoms with Crippen LogP contribution in [0, 0.1) is 6.92 Å². The second-order valence-corrected chi connectivity index (χ2v) is 6.24. The molecule has 1 atom stereocenters. The van der Waals surface area contributed by atoms with E-state index in [9.17, 15) is 4.79 Å². The summed E-state index contributed by atoms with van der Waals surface area (Å²) in [5.74, 6) is 0.709. The number of benzene rings is 1. The number of para-hydroxylation sites is 1. The number of hydrogen-bond acceptors (Lipinski definition) is 4. The van der Waals surface area contributed by atoms with Crippen LogP contribution in [-0.2, 0) is 13.1 Å². The molecular formula is C18H23N5O. The standard InChI is InChI=1S/C18H23N5O/c1-13-11-22(3)17-7-5-4-6-15(17)12-23(13)18(24)20-10-16-8-9-19-14(2)21-16/h4-9,13H,10-12H2,1-3H3,(H,20,24)/t13-/m0/s1. The molecule has 1 aromatic heterocycles. The molecule has 2 aromatic rings. The van der Waals surface area contributed by atoms with Crippen molar-refractivity contribution < 1.29 is 4.79 Å². The summed E-state index contributed by atoms with van der Waals surface area (Å²) in [6.07, 6.45) is 1.71. The number of urea groups is 1. The van der Waals surface area contributed by atoms with Crippen LogP contribution >= 0.6 is 0 Å². The van der Waals surface area contributed by atoms with Gasteiger partial charge in [-0.3, -0.25) is 0 Å². The molecule has 6 heteroatoms. The van der Waals surface area contributed by atoms with Crippen LogP contribution < -0.4 is 10.2 Å². The van der Waals surface area contributed by atoms with Crippen LogP contribution in [0.2, 0.25) is 0 Å². The Morgan fingerprint density at radius 3 is 2.92 bits per heavy atom. The Labute approximate surface area is 142 Å². The molecule has 0 saturated heterocycles. The van der Waals surface area contributed by atoms with Crippen LogP contribution in [0.4, 0.5) is 10.5 Å². The van der Waals surface area contributed by atoms with E-state index in [1.54, 1.807) is 6.20 Å². The van der Waals surface area contributed by atoms with Crippen molar-refractivity contribution in [3.8, 4) is 0 Å². The number of nitrogens with zero attached hydrogens (tertiary/aromatic N) is 4. The van der Waals surface area contributed by atoms with Crippen molar-refractivity contribution >= 4 is 11.7 Å². The Morgan fingerprint density at radius 1 is 1.33 bits per heavy atom. The first-order valence-electron chi connectivity index (χ1n) is 8.16. The molecule has 1 aliphatic rings. The molecule has 2 heterocycles. The van der Waals surface area contributed by atoms with E-state index in [0.29, 0.717) is 18.9 Å². The molecular weight excluding hydrogens is 302 g/mol. The highest BCUT2D eigenvalue weighted by Crippen LogP contribution is 2.25. The fraction of sp³-hybridized carbons (Fsp3) is 0.389. The van der Waals surface area contributed by atoms with Crippen molar-refractivity contribution in [3.63, 3.8) is 0 Å². The monoisotopic (exact) mass is 325 g/mol. The zero-order chi connectivity index (χ0) is 17.1. The largest absolute Gasteiger partial charge is 0.372 e. The van der Waals surface area contributed by atoms with Crippen molar-refractivity contribution in [1.29, 1.82) is 0 Å². The number of aromatic nitrogens is 2. The Balaban J connectivity index is 1.72. The number of nitrogens with one attached hydrogen (secondary N) is 1. The summed E-state index contributed by atoms with van der Waals surface area (Å²) in [5, 5.41) is 2.98. The first-order chi connectivity index (χ1) is 11.5. The van der Waals surface area contributed by atoms with Gasteiger partial charge in [0.15, 0.2) is 0 Å². The average Bonchev–Trinajstić information content (AvgIpc) is 2.69. The highest BCUT2D eigenvalue weighted by Gasteiger charge is 2.26. The topological polar surface area (TPSA) is 61.4 Å². The van der Waals surface area contributed by atoms with Crippen molar-refractivity contribution in [2.75, 3.05) is 18.5 Å². The number of anilines is 1. The van der Waals surface area contributed by atoms with Gasteiger partial charge < -0.3 is 15.1 Å². The van der Waals surface area contributed by atoms with Crippen LogP contribution in [0.5, 0.6) is 0 Å². The summed E-state index contributed by atoms with van der Waals surface area (Å²) >= 11 is 0. The summed E-state index contributed by atoms with van der Waals surface area (Å²) in [5.41, 5.74) is 3.17. The van der Waals surface area contributed by atoms with E-state index < -0.39 is 0 Å². The summed E-state index contributed by atoms with van der Waals surface area (Å²) in [4.78, 5) is 25.2. The van der Waals surface area contributed by atoms with Gasteiger partial charge in [-0.2, -0.15) is 0 Å². The number of likely N-dealkylation sites (N-methyl/N-ethyl adjacent to an activating group) is 1. The molecule has 3 rings (SSSR count). The summed E-state index contributed by atoms with van der Waals surface area (Å²) in [6.45, 7) is 5.74. The van der Waals surface area contributed by atoms with Gasteiger partial charge in [0, 0.05) is 38.1 Å². The fourth-order valence-corrected chi connectivity index (χ4v) is 3.09. The summed E-state index contributed by atoms with van der Waals surface area (Å²) in [6, 6.07) is 10.1. The van der Waals surface area contributed by atoms with Gasteiger partial charge in [0.1, 0.15) is 5.82 Å². The average molecular weight is 325 g/mol. The highest BCUT2D eigenvalue weighted by molar-refractivity contribution is 5.75. The lowest BCUT2D eigenvalue weighted by molar-refractivity contribution is 0.178. The number of carbonyl (C=O) groups is 1. The van der Waals surface area contributed by atoms with Gasteiger partial charge in [-0.1, -0.05) is 18.2 Å². The number of rotatable bonds is 2. The van der Waals surface area contributed by atoms with Gasteiger partial charge in [0.2, 0.25) is 0 Å². The van der Waals surface area contributed by atoms with Crippen LogP contribution in [0.1, 0.15) is 24.0 Å². The molecule has 0 spiro atoms. The molecule has 0 unspecified atom stereocenters. The zero-order valence-electron chi connectivity index (χ0n) is 14.4. The maximum absolute atomic E-state index is 12.7. The van der Waals surface area contributed by atoms with E-state index in [0.717, 1.165) is 17.8 Å². The third-order valence-corrected chi connectivity index (χ3v) is 4.33. The predicted molar refractivity (Wildman–Crippen MR) is 93.7 cm³/mol. The molecule has 1 aromatic carbocycles. The van der Waals surface area contributed by atoms with Gasteiger partial charge in [-0.15, -0.1) is 0 Å². The second-order valence-electron chi connectivity index (χ2n) is 6.24. The molecule has 0 saturated carbocycles. The number of fused-ring (bicyclic) bond motifs is 1. The maximum Gasteiger partial charge on any atom is 0.318 e. The maximum atomic E-state index is 12.7. The Bertz CT molecular complexity index is 733. The second kappa shape index (κ2) is 6.86. The lowest BCUT2D eigenvalue weighted by Gasteiger charge is -2.28. The predicted octanol–water partition coefficient (Wildman–Crippen LogP) is 2.34. The third kappa shape index (κ3) is 3.48. The number of hydrogen-bond donors (Lipinski definition) is 1. The quantitative estimate of drug-likeness (QED) is 0.920. The lowest BCUT2D eigenvalue weighted by atomic mass is 10.1. The van der Waals surface area contributed by atoms with Crippen LogP contribution in [0.3, 0.4) is 0 Å². The minimum absolute atomic E-state index is 0.0659. The Hall–Kier alpha value is -2.63. The third-order valence-electron chi connectivity index (χ3n) is 4.33. The van der Waals surface area contributed by atoms with Crippen molar-refractivity contribution in [2.45, 2.75) is 33.0 Å². The van der Waals surface area contributed by atoms with Gasteiger partial charge in [-0.25, -0.2) is 14.8 Å².